The van der Waals surface area contributed by atoms with Crippen LogP contribution >= 0.6 is 0 Å². The van der Waals surface area contributed by atoms with Gasteiger partial charge in [0.2, 0.25) is 0 Å². The molecule has 2 aliphatic rings. The summed E-state index contributed by atoms with van der Waals surface area (Å²) in [7, 11) is 0. The molecule has 1 saturated carbocycles. The molecule has 2 aromatic rings. The van der Waals surface area contributed by atoms with Gasteiger partial charge in [0.05, 0.1) is 30.0 Å². The van der Waals surface area contributed by atoms with Crippen molar-refractivity contribution in [2.45, 2.75) is 51.0 Å². The highest BCUT2D eigenvalue weighted by molar-refractivity contribution is 5.65. The number of nitrogens with zero attached hydrogens (tertiary/aromatic N) is 4. The molecule has 0 saturated heterocycles. The maximum absolute atomic E-state index is 4.53. The Morgan fingerprint density at radius 3 is 2.85 bits per heavy atom. The van der Waals surface area contributed by atoms with Gasteiger partial charge in [-0.15, -0.1) is 0 Å². The van der Waals surface area contributed by atoms with Crippen molar-refractivity contribution in [2.24, 2.45) is 5.92 Å². The fourth-order valence-electron chi connectivity index (χ4n) is 3.84. The molecule has 0 radical (unpaired) electrons. The summed E-state index contributed by atoms with van der Waals surface area (Å²) >= 11 is 0. The van der Waals surface area contributed by atoms with Crippen molar-refractivity contribution in [2.75, 3.05) is 0 Å². The van der Waals surface area contributed by atoms with Gasteiger partial charge in [-0.1, -0.05) is 32.1 Å². The molecule has 4 heteroatoms. The van der Waals surface area contributed by atoms with Gasteiger partial charge in [-0.3, -0.25) is 0 Å². The van der Waals surface area contributed by atoms with Gasteiger partial charge in [0, 0.05) is 11.8 Å². The summed E-state index contributed by atoms with van der Waals surface area (Å²) in [4.78, 5) is 13.0. The molecule has 1 aliphatic heterocycles. The summed E-state index contributed by atoms with van der Waals surface area (Å²) in [5.41, 5.74) is 3.53. The molecule has 0 amide bonds. The number of fused-ring (bicyclic) bond motifs is 3. The largest absolute Gasteiger partial charge is 0.321 e. The van der Waals surface area contributed by atoms with Crippen LogP contribution in [-0.2, 0) is 0 Å². The summed E-state index contributed by atoms with van der Waals surface area (Å²) < 4.78 is 2.28. The summed E-state index contributed by atoms with van der Waals surface area (Å²) in [5.74, 6) is 0.918. The molecule has 20 heavy (non-hydrogen) atoms. The van der Waals surface area contributed by atoms with Crippen LogP contribution in [0.2, 0.25) is 0 Å². The van der Waals surface area contributed by atoms with E-state index in [0.717, 1.165) is 5.92 Å². The van der Waals surface area contributed by atoms with Crippen LogP contribution in [0.4, 0.5) is 0 Å². The van der Waals surface area contributed by atoms with Crippen LogP contribution in [0.5, 0.6) is 0 Å². The van der Waals surface area contributed by atoms with Gasteiger partial charge in [0.1, 0.15) is 6.33 Å². The monoisotopic (exact) mass is 268 g/mol. The first-order valence-corrected chi connectivity index (χ1v) is 7.75. The van der Waals surface area contributed by atoms with Crippen molar-refractivity contribution in [3.05, 3.63) is 30.7 Å². The molecule has 1 aliphatic carbocycles. The Bertz CT molecular complexity index is 598. The minimum Gasteiger partial charge on any atom is -0.321 e. The van der Waals surface area contributed by atoms with Crippen molar-refractivity contribution in [1.29, 1.82) is 0 Å². The van der Waals surface area contributed by atoms with E-state index in [4.69, 9.17) is 0 Å². The van der Waals surface area contributed by atoms with E-state index in [9.17, 15) is 0 Å². The van der Waals surface area contributed by atoms with Gasteiger partial charge in [0.25, 0.3) is 0 Å². The molecular formula is C16H20N4. The zero-order valence-corrected chi connectivity index (χ0v) is 11.7. The highest BCUT2D eigenvalue weighted by atomic mass is 15.1. The molecule has 0 N–H and O–H groups in total. The van der Waals surface area contributed by atoms with Gasteiger partial charge in [-0.05, 0) is 18.8 Å². The molecule has 4 nitrogen and oxygen atoms in total. The highest BCUT2D eigenvalue weighted by Crippen LogP contribution is 2.41. The van der Waals surface area contributed by atoms with Gasteiger partial charge < -0.3 is 4.57 Å². The van der Waals surface area contributed by atoms with Crippen molar-refractivity contribution in [3.8, 4) is 11.3 Å². The maximum Gasteiger partial charge on any atom is 0.115 e. The van der Waals surface area contributed by atoms with E-state index in [1.807, 2.05) is 18.7 Å². The Hall–Kier alpha value is -1.71. The summed E-state index contributed by atoms with van der Waals surface area (Å²) in [6.07, 6.45) is 17.1. The van der Waals surface area contributed by atoms with E-state index >= 15 is 0 Å². The first-order valence-electron chi connectivity index (χ1n) is 7.75. The average molecular weight is 268 g/mol. The second-order valence-corrected chi connectivity index (χ2v) is 6.10. The summed E-state index contributed by atoms with van der Waals surface area (Å²) in [6.45, 7) is 0. The van der Waals surface area contributed by atoms with Gasteiger partial charge in [0.15, 0.2) is 0 Å². The minimum absolute atomic E-state index is 0.368. The zero-order chi connectivity index (χ0) is 13.4. The molecule has 0 bridgehead atoms. The lowest BCUT2D eigenvalue weighted by atomic mass is 9.85. The predicted molar refractivity (Wildman–Crippen MR) is 77.2 cm³/mol. The molecule has 1 atom stereocenters. The number of imidazole rings is 1. The Balaban J connectivity index is 1.56. The Morgan fingerprint density at radius 1 is 1.05 bits per heavy atom. The van der Waals surface area contributed by atoms with Gasteiger partial charge in [-0.2, -0.15) is 0 Å². The van der Waals surface area contributed by atoms with E-state index in [1.54, 1.807) is 6.33 Å². The van der Waals surface area contributed by atoms with Crippen LogP contribution in [0.1, 0.15) is 56.7 Å². The lowest BCUT2D eigenvalue weighted by molar-refractivity contribution is 0.317. The number of rotatable bonds is 3. The first kappa shape index (κ1) is 12.1. The van der Waals surface area contributed by atoms with Crippen LogP contribution in [0.25, 0.3) is 11.3 Å². The van der Waals surface area contributed by atoms with Crippen molar-refractivity contribution in [3.63, 3.8) is 0 Å². The van der Waals surface area contributed by atoms with Gasteiger partial charge in [-0.25, -0.2) is 15.0 Å². The lowest BCUT2D eigenvalue weighted by Crippen LogP contribution is -2.11. The van der Waals surface area contributed by atoms with Crippen LogP contribution in [0, 0.1) is 5.92 Å². The first-order chi connectivity index (χ1) is 9.93. The second-order valence-electron chi connectivity index (χ2n) is 6.10. The Labute approximate surface area is 119 Å². The molecule has 104 valence electrons. The lowest BCUT2D eigenvalue weighted by Gasteiger charge is -2.23. The van der Waals surface area contributed by atoms with Crippen molar-refractivity contribution < 1.29 is 0 Å². The van der Waals surface area contributed by atoms with E-state index in [2.05, 4.69) is 19.5 Å². The molecule has 3 heterocycles. The topological polar surface area (TPSA) is 43.6 Å². The smallest absolute Gasteiger partial charge is 0.115 e. The standard InChI is InChI=1S/C16H20N4/c1-2-4-12(5-3-1)6-7-14-16-13(8-17-10-19-16)15-9-18-11-20(14)15/h8-12,14H,1-7H2. The van der Waals surface area contributed by atoms with Crippen molar-refractivity contribution >= 4 is 0 Å². The number of aromatic nitrogens is 4. The Kier molecular flexibility index (Phi) is 3.02. The maximum atomic E-state index is 4.53. The molecule has 1 fully saturated rings. The fourth-order valence-corrected chi connectivity index (χ4v) is 3.84. The second kappa shape index (κ2) is 5.00. The normalized spacial score (nSPS) is 21.7. The van der Waals surface area contributed by atoms with Crippen LogP contribution in [0.15, 0.2) is 25.0 Å². The van der Waals surface area contributed by atoms with E-state index in [-0.39, 0.29) is 0 Å². The molecule has 0 aromatic carbocycles. The SMILES string of the molecule is c1ncc2c(n1)C(CCC1CCCCC1)n1cncc1-2. The highest BCUT2D eigenvalue weighted by Gasteiger charge is 2.30. The average Bonchev–Trinajstić information content (AvgIpc) is 3.07. The quantitative estimate of drug-likeness (QED) is 0.854. The van der Waals surface area contributed by atoms with Gasteiger partial charge >= 0.3 is 0 Å². The van der Waals surface area contributed by atoms with Crippen LogP contribution in [0.3, 0.4) is 0 Å². The predicted octanol–water partition coefficient (Wildman–Crippen LogP) is 3.60. The molecule has 4 rings (SSSR count). The van der Waals surface area contributed by atoms with Crippen LogP contribution < -0.4 is 0 Å². The minimum atomic E-state index is 0.368. The third kappa shape index (κ3) is 1.94. The molecule has 0 spiro atoms. The molecular weight excluding hydrogens is 248 g/mol. The third-order valence-electron chi connectivity index (χ3n) is 4.91. The third-order valence-corrected chi connectivity index (χ3v) is 4.91. The fraction of sp³-hybridized carbons (Fsp3) is 0.562. The summed E-state index contributed by atoms with van der Waals surface area (Å²) in [5, 5.41) is 0. The number of hydrogen-bond acceptors (Lipinski definition) is 3. The summed E-state index contributed by atoms with van der Waals surface area (Å²) in [6, 6.07) is 0.368. The number of hydrogen-bond donors (Lipinski definition) is 0. The van der Waals surface area contributed by atoms with E-state index in [1.165, 1.54) is 61.9 Å². The van der Waals surface area contributed by atoms with Crippen LogP contribution in [-0.4, -0.2) is 19.5 Å². The Morgan fingerprint density at radius 2 is 1.95 bits per heavy atom. The van der Waals surface area contributed by atoms with E-state index in [0.29, 0.717) is 6.04 Å². The molecule has 1 unspecified atom stereocenters. The molecule has 2 aromatic heterocycles. The van der Waals surface area contributed by atoms with E-state index < -0.39 is 0 Å². The van der Waals surface area contributed by atoms with Crippen molar-refractivity contribution in [1.82, 2.24) is 19.5 Å². The zero-order valence-electron chi connectivity index (χ0n) is 11.7.